The summed E-state index contributed by atoms with van der Waals surface area (Å²) in [6.45, 7) is 5.21. The standard InChI is InChI=1S/C29H30F5N3O3/c1-17(2)16-37(13-12-18(3)29(32,33)34)26-11-8-19(22-15-20(30)9-10-21(22)27(38)39)14-25(26)36-28(40)35-24-7-5-4-6-23(24)31/h4-11,14-15,17-18H,12-13,16H2,1-3H3,(H,38,39)(H2,35,36,40). The zero-order valence-corrected chi connectivity index (χ0v) is 22.2. The third-order valence-corrected chi connectivity index (χ3v) is 6.21. The molecule has 0 aliphatic carbocycles. The van der Waals surface area contributed by atoms with E-state index in [1.807, 2.05) is 13.8 Å². The first-order valence-corrected chi connectivity index (χ1v) is 12.6. The summed E-state index contributed by atoms with van der Waals surface area (Å²) in [6, 6.07) is 12.3. The monoisotopic (exact) mass is 563 g/mol. The van der Waals surface area contributed by atoms with E-state index in [0.29, 0.717) is 12.2 Å². The normalized spacial score (nSPS) is 12.2. The first-order valence-electron chi connectivity index (χ1n) is 12.6. The Morgan fingerprint density at radius 2 is 1.60 bits per heavy atom. The zero-order valence-electron chi connectivity index (χ0n) is 22.2. The largest absolute Gasteiger partial charge is 0.478 e. The fourth-order valence-corrected chi connectivity index (χ4v) is 4.12. The number of aromatic carboxylic acids is 1. The number of nitrogens with one attached hydrogen (secondary N) is 2. The van der Waals surface area contributed by atoms with E-state index < -0.39 is 35.7 Å². The number of carboxylic acids is 1. The number of amides is 2. The van der Waals surface area contributed by atoms with Gasteiger partial charge >= 0.3 is 18.2 Å². The van der Waals surface area contributed by atoms with E-state index in [1.54, 1.807) is 4.90 Å². The number of urea groups is 1. The Morgan fingerprint density at radius 1 is 0.925 bits per heavy atom. The molecule has 1 unspecified atom stereocenters. The van der Waals surface area contributed by atoms with Gasteiger partial charge in [-0.15, -0.1) is 0 Å². The van der Waals surface area contributed by atoms with Crippen LogP contribution in [-0.2, 0) is 0 Å². The Labute approximate surface area is 228 Å². The number of anilines is 3. The van der Waals surface area contributed by atoms with E-state index in [1.165, 1.54) is 36.4 Å². The highest BCUT2D eigenvalue weighted by molar-refractivity contribution is 6.03. The average molecular weight is 564 g/mol. The highest BCUT2D eigenvalue weighted by Crippen LogP contribution is 2.36. The predicted molar refractivity (Wildman–Crippen MR) is 145 cm³/mol. The Kier molecular flexibility index (Phi) is 9.73. The van der Waals surface area contributed by atoms with Gasteiger partial charge < -0.3 is 20.6 Å². The topological polar surface area (TPSA) is 81.7 Å². The molecule has 1 atom stereocenters. The van der Waals surface area contributed by atoms with Crippen LogP contribution in [0.1, 0.15) is 37.6 Å². The van der Waals surface area contributed by atoms with E-state index in [0.717, 1.165) is 31.2 Å². The second-order valence-corrected chi connectivity index (χ2v) is 9.86. The van der Waals surface area contributed by atoms with Crippen molar-refractivity contribution in [3.05, 3.63) is 77.9 Å². The van der Waals surface area contributed by atoms with Gasteiger partial charge in [0.1, 0.15) is 11.6 Å². The number of carbonyl (C=O) groups excluding carboxylic acids is 1. The molecule has 0 aliphatic rings. The number of hydrogen-bond donors (Lipinski definition) is 3. The first kappa shape index (κ1) is 30.4. The van der Waals surface area contributed by atoms with E-state index in [4.69, 9.17) is 0 Å². The van der Waals surface area contributed by atoms with Crippen LogP contribution in [0.25, 0.3) is 11.1 Å². The lowest BCUT2D eigenvalue weighted by molar-refractivity contribution is -0.170. The molecule has 3 aromatic rings. The molecule has 0 saturated heterocycles. The molecule has 3 aromatic carbocycles. The number of hydrogen-bond acceptors (Lipinski definition) is 3. The molecule has 0 saturated carbocycles. The van der Waals surface area contributed by atoms with Crippen LogP contribution >= 0.6 is 0 Å². The van der Waals surface area contributed by atoms with Crippen molar-refractivity contribution in [3.8, 4) is 11.1 Å². The van der Waals surface area contributed by atoms with E-state index in [9.17, 15) is 36.6 Å². The van der Waals surface area contributed by atoms with Gasteiger partial charge in [-0.25, -0.2) is 18.4 Å². The van der Waals surface area contributed by atoms with Crippen molar-refractivity contribution in [2.24, 2.45) is 11.8 Å². The Morgan fingerprint density at radius 3 is 2.23 bits per heavy atom. The summed E-state index contributed by atoms with van der Waals surface area (Å²) in [4.78, 5) is 26.4. The van der Waals surface area contributed by atoms with Crippen molar-refractivity contribution in [2.45, 2.75) is 33.4 Å². The highest BCUT2D eigenvalue weighted by atomic mass is 19.4. The van der Waals surface area contributed by atoms with Crippen LogP contribution in [0.2, 0.25) is 0 Å². The molecule has 0 radical (unpaired) electrons. The van der Waals surface area contributed by atoms with Gasteiger partial charge in [-0.05, 0) is 65.9 Å². The molecule has 0 spiro atoms. The Hall–Kier alpha value is -4.15. The van der Waals surface area contributed by atoms with Crippen molar-refractivity contribution in [3.63, 3.8) is 0 Å². The maximum absolute atomic E-state index is 14.1. The second-order valence-electron chi connectivity index (χ2n) is 9.86. The van der Waals surface area contributed by atoms with Crippen LogP contribution in [0.5, 0.6) is 0 Å². The van der Waals surface area contributed by atoms with Gasteiger partial charge in [-0.1, -0.05) is 39.0 Å². The predicted octanol–water partition coefficient (Wildman–Crippen LogP) is 8.02. The van der Waals surface area contributed by atoms with Crippen LogP contribution in [-0.4, -0.2) is 36.4 Å². The first-order chi connectivity index (χ1) is 18.8. The minimum atomic E-state index is -4.38. The van der Waals surface area contributed by atoms with Crippen molar-refractivity contribution in [1.29, 1.82) is 0 Å². The van der Waals surface area contributed by atoms with Gasteiger partial charge in [0.2, 0.25) is 0 Å². The number of alkyl halides is 3. The summed E-state index contributed by atoms with van der Waals surface area (Å²) in [5.41, 5.74) is 0.478. The van der Waals surface area contributed by atoms with Crippen molar-refractivity contribution >= 4 is 29.1 Å². The summed E-state index contributed by atoms with van der Waals surface area (Å²) >= 11 is 0. The SMILES string of the molecule is CC(C)CN(CCC(C)C(F)(F)F)c1ccc(-c2cc(F)ccc2C(=O)O)cc1NC(=O)Nc1ccccc1F. The minimum absolute atomic E-state index is 0.00214. The number of halogens is 5. The number of carboxylic acid groups (broad SMARTS) is 1. The fraction of sp³-hybridized carbons (Fsp3) is 0.310. The molecule has 214 valence electrons. The quantitative estimate of drug-likeness (QED) is 0.218. The van der Waals surface area contributed by atoms with E-state index in [2.05, 4.69) is 10.6 Å². The summed E-state index contributed by atoms with van der Waals surface area (Å²) < 4.78 is 67.9. The van der Waals surface area contributed by atoms with Gasteiger partial charge in [-0.2, -0.15) is 13.2 Å². The van der Waals surface area contributed by atoms with Gasteiger partial charge in [0.15, 0.2) is 0 Å². The zero-order chi connectivity index (χ0) is 29.6. The molecular formula is C29H30F5N3O3. The smallest absolute Gasteiger partial charge is 0.391 e. The van der Waals surface area contributed by atoms with Gasteiger partial charge in [-0.3, -0.25) is 0 Å². The molecule has 40 heavy (non-hydrogen) atoms. The summed E-state index contributed by atoms with van der Waals surface area (Å²) in [5, 5.41) is 14.6. The van der Waals surface area contributed by atoms with Gasteiger partial charge in [0.25, 0.3) is 0 Å². The lowest BCUT2D eigenvalue weighted by Crippen LogP contribution is -2.33. The molecule has 0 fully saturated rings. The molecular weight excluding hydrogens is 533 g/mol. The Balaban J connectivity index is 2.07. The van der Waals surface area contributed by atoms with E-state index in [-0.39, 0.29) is 46.9 Å². The summed E-state index contributed by atoms with van der Waals surface area (Å²) in [5.74, 6) is -4.21. The van der Waals surface area contributed by atoms with Crippen LogP contribution in [0.4, 0.5) is 43.8 Å². The molecule has 3 N–H and O–H groups in total. The maximum Gasteiger partial charge on any atom is 0.391 e. The molecule has 11 heteroatoms. The fourth-order valence-electron chi connectivity index (χ4n) is 4.12. The van der Waals surface area contributed by atoms with Gasteiger partial charge in [0.05, 0.1) is 28.5 Å². The summed E-state index contributed by atoms with van der Waals surface area (Å²) in [7, 11) is 0. The molecule has 2 amide bonds. The number of rotatable bonds is 10. The van der Waals surface area contributed by atoms with Crippen LogP contribution < -0.4 is 15.5 Å². The van der Waals surface area contributed by atoms with Gasteiger partial charge in [0, 0.05) is 13.1 Å². The summed E-state index contributed by atoms with van der Waals surface area (Å²) in [6.07, 6.45) is -4.59. The maximum atomic E-state index is 14.1. The minimum Gasteiger partial charge on any atom is -0.478 e. The molecule has 0 bridgehead atoms. The molecule has 0 heterocycles. The number of carbonyl (C=O) groups is 2. The van der Waals surface area contributed by atoms with Crippen molar-refractivity contribution < 1.29 is 36.6 Å². The van der Waals surface area contributed by atoms with E-state index >= 15 is 0 Å². The highest BCUT2D eigenvalue weighted by Gasteiger charge is 2.35. The average Bonchev–Trinajstić information content (AvgIpc) is 2.86. The lowest BCUT2D eigenvalue weighted by Gasteiger charge is -2.30. The Bertz CT molecular complexity index is 1360. The molecule has 0 aliphatic heterocycles. The van der Waals surface area contributed by atoms with Crippen LogP contribution in [0.3, 0.4) is 0 Å². The second kappa shape index (κ2) is 12.8. The third-order valence-electron chi connectivity index (χ3n) is 6.21. The third kappa shape index (κ3) is 7.93. The molecule has 6 nitrogen and oxygen atoms in total. The number of benzene rings is 3. The number of nitrogens with zero attached hydrogens (tertiary/aromatic N) is 1. The van der Waals surface area contributed by atoms with Crippen molar-refractivity contribution in [1.82, 2.24) is 0 Å². The van der Waals surface area contributed by atoms with Crippen LogP contribution in [0.15, 0.2) is 60.7 Å². The van der Waals surface area contributed by atoms with Crippen LogP contribution in [0, 0.1) is 23.5 Å². The van der Waals surface area contributed by atoms with Crippen molar-refractivity contribution in [2.75, 3.05) is 28.6 Å². The molecule has 0 aromatic heterocycles. The lowest BCUT2D eigenvalue weighted by atomic mass is 9.98. The molecule has 3 rings (SSSR count). The number of para-hydroxylation sites is 1.